The first kappa shape index (κ1) is 20.3. The number of hydrogen-bond acceptors (Lipinski definition) is 3. The van der Waals surface area contributed by atoms with Crippen molar-refractivity contribution in [2.75, 3.05) is 6.61 Å². The topological polar surface area (TPSA) is 63.6 Å². The Morgan fingerprint density at radius 2 is 1.81 bits per heavy atom. The molecule has 0 fully saturated rings. The van der Waals surface area contributed by atoms with Gasteiger partial charge in [0.2, 0.25) is 0 Å². The van der Waals surface area contributed by atoms with Crippen LogP contribution in [-0.2, 0) is 11.2 Å². The first-order valence-corrected chi connectivity index (χ1v) is 9.10. The molecule has 1 unspecified atom stereocenters. The first-order chi connectivity index (χ1) is 12.4. The van der Waals surface area contributed by atoms with Gasteiger partial charge in [0.15, 0.2) is 12.4 Å². The monoisotopic (exact) mass is 394 g/mol. The van der Waals surface area contributed by atoms with E-state index in [1.807, 2.05) is 30.3 Å². The van der Waals surface area contributed by atoms with Gasteiger partial charge < -0.3 is 9.84 Å². The van der Waals surface area contributed by atoms with Crippen LogP contribution < -0.4 is 4.74 Å². The summed E-state index contributed by atoms with van der Waals surface area (Å²) in [5.74, 6) is -1.33. The van der Waals surface area contributed by atoms with Crippen LogP contribution in [0.2, 0.25) is 10.0 Å². The molecule has 0 aliphatic heterocycles. The number of aliphatic carboxylic acids is 1. The quantitative estimate of drug-likeness (QED) is 0.753. The molecule has 138 valence electrons. The van der Waals surface area contributed by atoms with Gasteiger partial charge in [0, 0.05) is 5.56 Å². The van der Waals surface area contributed by atoms with E-state index < -0.39 is 12.6 Å². The molecule has 3 rings (SSSR count). The summed E-state index contributed by atoms with van der Waals surface area (Å²) in [6.45, 7) is 3.73. The SMILES string of the molecule is CCC.O=C(O)COc1cc2c(c(Cl)c1Cl)C(=O)C(c1ccccc1)C2. The van der Waals surface area contributed by atoms with E-state index in [2.05, 4.69) is 13.8 Å². The summed E-state index contributed by atoms with van der Waals surface area (Å²) in [5.41, 5.74) is 2.03. The standard InChI is InChI=1S/C17H12Cl2O4.C3H8/c18-15-12(23-8-13(20)21)7-10-6-11(9-4-2-1-3-5-9)17(22)14(10)16(15)19;1-3-2/h1-5,7,11H,6,8H2,(H,20,21);3H2,1-2H3. The van der Waals surface area contributed by atoms with Crippen LogP contribution in [-0.4, -0.2) is 23.5 Å². The minimum absolute atomic E-state index is 0.0636. The Labute approximate surface area is 162 Å². The lowest BCUT2D eigenvalue weighted by molar-refractivity contribution is -0.139. The zero-order valence-electron chi connectivity index (χ0n) is 14.6. The van der Waals surface area contributed by atoms with Crippen molar-refractivity contribution >= 4 is 35.0 Å². The van der Waals surface area contributed by atoms with Gasteiger partial charge in [-0.15, -0.1) is 0 Å². The van der Waals surface area contributed by atoms with Crippen LogP contribution in [0.15, 0.2) is 36.4 Å². The number of carboxylic acid groups (broad SMARTS) is 1. The summed E-state index contributed by atoms with van der Waals surface area (Å²) in [4.78, 5) is 23.3. The molecular weight excluding hydrogens is 375 g/mol. The van der Waals surface area contributed by atoms with Crippen molar-refractivity contribution in [2.45, 2.75) is 32.6 Å². The summed E-state index contributed by atoms with van der Waals surface area (Å²) in [6, 6.07) is 11.0. The minimum atomic E-state index is -1.11. The van der Waals surface area contributed by atoms with Crippen LogP contribution in [0.1, 0.15) is 47.7 Å². The molecule has 1 aliphatic carbocycles. The van der Waals surface area contributed by atoms with Gasteiger partial charge in [0.25, 0.3) is 0 Å². The fourth-order valence-corrected chi connectivity index (χ4v) is 3.28. The summed E-state index contributed by atoms with van der Waals surface area (Å²) < 4.78 is 5.15. The highest BCUT2D eigenvalue weighted by molar-refractivity contribution is 6.45. The number of halogens is 2. The van der Waals surface area contributed by atoms with Gasteiger partial charge in [-0.05, 0) is 23.6 Å². The van der Waals surface area contributed by atoms with Crippen molar-refractivity contribution in [1.29, 1.82) is 0 Å². The number of ether oxygens (including phenoxy) is 1. The maximum atomic E-state index is 12.7. The Morgan fingerprint density at radius 1 is 1.19 bits per heavy atom. The van der Waals surface area contributed by atoms with Crippen molar-refractivity contribution in [1.82, 2.24) is 0 Å². The number of hydrogen-bond donors (Lipinski definition) is 1. The second-order valence-corrected chi connectivity index (χ2v) is 6.71. The van der Waals surface area contributed by atoms with E-state index in [9.17, 15) is 9.59 Å². The van der Waals surface area contributed by atoms with Gasteiger partial charge in [-0.2, -0.15) is 0 Å². The van der Waals surface area contributed by atoms with Crippen molar-refractivity contribution in [3.05, 3.63) is 63.1 Å². The zero-order valence-corrected chi connectivity index (χ0v) is 16.1. The number of benzene rings is 2. The molecule has 1 atom stereocenters. The molecule has 0 amide bonds. The second-order valence-electron chi connectivity index (χ2n) is 5.96. The highest BCUT2D eigenvalue weighted by Crippen LogP contribution is 2.44. The van der Waals surface area contributed by atoms with E-state index in [0.29, 0.717) is 12.0 Å². The molecule has 0 saturated carbocycles. The molecule has 0 bridgehead atoms. The summed E-state index contributed by atoms with van der Waals surface area (Å²) in [6.07, 6.45) is 1.73. The second kappa shape index (κ2) is 9.06. The predicted molar refractivity (Wildman–Crippen MR) is 103 cm³/mol. The van der Waals surface area contributed by atoms with Gasteiger partial charge >= 0.3 is 5.97 Å². The van der Waals surface area contributed by atoms with E-state index in [0.717, 1.165) is 11.1 Å². The predicted octanol–water partition coefficient (Wildman–Crippen LogP) is 5.40. The lowest BCUT2D eigenvalue weighted by atomic mass is 9.95. The van der Waals surface area contributed by atoms with Gasteiger partial charge in [0.1, 0.15) is 10.8 Å². The number of ketones is 1. The van der Waals surface area contributed by atoms with E-state index in [1.165, 1.54) is 6.42 Å². The molecule has 2 aromatic rings. The van der Waals surface area contributed by atoms with E-state index in [-0.39, 0.29) is 27.5 Å². The van der Waals surface area contributed by atoms with Crippen molar-refractivity contribution < 1.29 is 19.4 Å². The smallest absolute Gasteiger partial charge is 0.341 e. The van der Waals surface area contributed by atoms with Gasteiger partial charge in [-0.1, -0.05) is 73.8 Å². The number of carbonyl (C=O) groups is 2. The summed E-state index contributed by atoms with van der Waals surface area (Å²) in [7, 11) is 0. The summed E-state index contributed by atoms with van der Waals surface area (Å²) in [5, 5.41) is 8.89. The van der Waals surface area contributed by atoms with Crippen LogP contribution in [0.4, 0.5) is 0 Å². The third-order valence-electron chi connectivity index (χ3n) is 3.79. The van der Waals surface area contributed by atoms with Gasteiger partial charge in [-0.25, -0.2) is 4.79 Å². The molecule has 0 heterocycles. The largest absolute Gasteiger partial charge is 0.480 e. The first-order valence-electron chi connectivity index (χ1n) is 8.35. The zero-order chi connectivity index (χ0) is 19.3. The summed E-state index contributed by atoms with van der Waals surface area (Å²) >= 11 is 12.3. The minimum Gasteiger partial charge on any atom is -0.480 e. The third-order valence-corrected chi connectivity index (χ3v) is 4.64. The van der Waals surface area contributed by atoms with Crippen LogP contribution >= 0.6 is 23.2 Å². The molecule has 0 aromatic heterocycles. The average molecular weight is 395 g/mol. The van der Waals surface area contributed by atoms with Crippen LogP contribution in [0, 0.1) is 0 Å². The fourth-order valence-electron chi connectivity index (χ4n) is 2.77. The number of fused-ring (bicyclic) bond motifs is 1. The Kier molecular flexibility index (Phi) is 7.06. The Bertz CT molecular complexity index is 803. The highest BCUT2D eigenvalue weighted by atomic mass is 35.5. The molecule has 26 heavy (non-hydrogen) atoms. The lowest BCUT2D eigenvalue weighted by Gasteiger charge is -2.10. The molecule has 0 spiro atoms. The Morgan fingerprint density at radius 3 is 2.38 bits per heavy atom. The molecule has 6 heteroatoms. The van der Waals surface area contributed by atoms with Crippen LogP contribution in [0.25, 0.3) is 0 Å². The fraction of sp³-hybridized carbons (Fsp3) is 0.300. The molecule has 4 nitrogen and oxygen atoms in total. The normalized spacial score (nSPS) is 15.1. The average Bonchev–Trinajstić information content (AvgIpc) is 2.95. The van der Waals surface area contributed by atoms with E-state index >= 15 is 0 Å². The van der Waals surface area contributed by atoms with Crippen molar-refractivity contribution in [2.24, 2.45) is 0 Å². The molecule has 0 saturated heterocycles. The van der Waals surface area contributed by atoms with Gasteiger partial charge in [-0.3, -0.25) is 4.79 Å². The highest BCUT2D eigenvalue weighted by Gasteiger charge is 2.35. The van der Waals surface area contributed by atoms with Crippen LogP contribution in [0.3, 0.4) is 0 Å². The molecule has 1 aliphatic rings. The van der Waals surface area contributed by atoms with Crippen LogP contribution in [0.5, 0.6) is 5.75 Å². The molecule has 1 N–H and O–H groups in total. The van der Waals surface area contributed by atoms with E-state index in [4.69, 9.17) is 33.0 Å². The molecular formula is C20H20Cl2O4. The van der Waals surface area contributed by atoms with Gasteiger partial charge in [0.05, 0.1) is 10.9 Å². The van der Waals surface area contributed by atoms with E-state index in [1.54, 1.807) is 6.07 Å². The number of carbonyl (C=O) groups excluding carboxylic acids is 1. The van der Waals surface area contributed by atoms with Crippen molar-refractivity contribution in [3.8, 4) is 5.75 Å². The lowest BCUT2D eigenvalue weighted by Crippen LogP contribution is -2.10. The Hall–Kier alpha value is -2.04. The molecule has 2 aromatic carbocycles. The maximum Gasteiger partial charge on any atom is 0.341 e. The number of carboxylic acids is 1. The Balaban J connectivity index is 0.000000758. The maximum absolute atomic E-state index is 12.7. The molecule has 0 radical (unpaired) electrons. The third kappa shape index (κ3) is 4.37. The number of Topliss-reactive ketones (excluding diaryl/α,β-unsaturated/α-hetero) is 1. The number of rotatable bonds is 4. The van der Waals surface area contributed by atoms with Crippen molar-refractivity contribution in [3.63, 3.8) is 0 Å².